The zero-order valence-corrected chi connectivity index (χ0v) is 26.2. The molecule has 238 valence electrons. The normalized spacial score (nSPS) is 20.8. The maximum Gasteiger partial charge on any atom is 0.280 e. The molecule has 0 unspecified atom stereocenters. The Morgan fingerprint density at radius 3 is 2.55 bits per heavy atom. The molecule has 0 atom stereocenters. The molecule has 0 radical (unpaired) electrons. The third-order valence-electron chi connectivity index (χ3n) is 8.98. The van der Waals surface area contributed by atoms with Crippen LogP contribution in [0.4, 0.5) is 4.39 Å². The van der Waals surface area contributed by atoms with E-state index in [9.17, 15) is 19.1 Å². The minimum absolute atomic E-state index is 0.00164. The number of likely N-dealkylation sites (tertiary alicyclic amines) is 1. The summed E-state index contributed by atoms with van der Waals surface area (Å²) >= 11 is 0. The van der Waals surface area contributed by atoms with Crippen LogP contribution in [0.5, 0.6) is 5.88 Å². The minimum atomic E-state index is -0.652. The number of halogens is 1. The van der Waals surface area contributed by atoms with Gasteiger partial charge < -0.3 is 24.7 Å². The van der Waals surface area contributed by atoms with E-state index in [4.69, 9.17) is 4.74 Å². The summed E-state index contributed by atoms with van der Waals surface area (Å²) in [5.41, 5.74) is 1.38. The first-order valence-corrected chi connectivity index (χ1v) is 15.8. The first-order valence-electron chi connectivity index (χ1n) is 15.8. The molecule has 44 heavy (non-hydrogen) atoms. The third-order valence-corrected chi connectivity index (χ3v) is 8.98. The lowest BCUT2D eigenvalue weighted by Crippen LogP contribution is -2.43. The molecule has 2 aliphatic rings. The molecule has 0 spiro atoms. The van der Waals surface area contributed by atoms with Crippen molar-refractivity contribution in [2.45, 2.75) is 83.9 Å². The van der Waals surface area contributed by atoms with Crippen LogP contribution in [0.25, 0.3) is 11.0 Å². The van der Waals surface area contributed by atoms with E-state index in [1.807, 2.05) is 38.3 Å². The van der Waals surface area contributed by atoms with Crippen LogP contribution in [-0.2, 0) is 4.79 Å². The molecular formula is C33H45FN6O4. The number of hydrogen-bond donors (Lipinski definition) is 3. The number of fused-ring (bicyclic) bond motifs is 1. The average molecular weight is 609 g/mol. The first kappa shape index (κ1) is 31.8. The van der Waals surface area contributed by atoms with Gasteiger partial charge in [-0.3, -0.25) is 14.5 Å². The molecule has 3 heterocycles. The molecule has 3 N–H and O–H groups in total. The summed E-state index contributed by atoms with van der Waals surface area (Å²) in [6.07, 6.45) is 6.52. The number of carbonyl (C=O) groups excluding carboxylic acids is 2. The van der Waals surface area contributed by atoms with Gasteiger partial charge in [0.05, 0.1) is 22.8 Å². The summed E-state index contributed by atoms with van der Waals surface area (Å²) in [5, 5.41) is 13.4. The van der Waals surface area contributed by atoms with E-state index in [1.165, 1.54) is 18.2 Å². The molecule has 2 aromatic heterocycles. The standard InChI is InChI=1S/C33H45FN6O4/c1-21(2)36-30(41)22-8-10-26(11-9-22)40-28-19-29(44-17-16-39-14-12-24(13-15-39)33(3,4)43)35-20-27(28)37-32(40)38-31(42)23-6-5-7-25(34)18-23/h5-7,18-22,24,26,43H,8-17H2,1-4H3,(H,36,41)(H,37,38,42)/t22-,26-. The second kappa shape index (κ2) is 13.6. The Kier molecular flexibility index (Phi) is 9.84. The van der Waals surface area contributed by atoms with E-state index in [0.717, 1.165) is 63.7 Å². The number of nitrogens with zero attached hydrogens (tertiary/aromatic N) is 4. The van der Waals surface area contributed by atoms with Crippen LogP contribution in [0.2, 0.25) is 0 Å². The highest BCUT2D eigenvalue weighted by atomic mass is 19.1. The molecule has 11 heteroatoms. The molecule has 1 aromatic carbocycles. The monoisotopic (exact) mass is 608 g/mol. The quantitative estimate of drug-likeness (QED) is 0.332. The number of aliphatic hydroxyl groups is 1. The molecular weight excluding hydrogens is 563 g/mol. The fourth-order valence-corrected chi connectivity index (χ4v) is 6.47. The molecule has 1 saturated carbocycles. The number of H-pyrrole nitrogens is 1. The van der Waals surface area contributed by atoms with E-state index >= 15 is 0 Å². The summed E-state index contributed by atoms with van der Waals surface area (Å²) < 4.78 is 21.9. The molecule has 5 rings (SSSR count). The Morgan fingerprint density at radius 1 is 1.16 bits per heavy atom. The Hall–Kier alpha value is -3.57. The van der Waals surface area contributed by atoms with Gasteiger partial charge >= 0.3 is 0 Å². The van der Waals surface area contributed by atoms with Gasteiger partial charge in [-0.15, -0.1) is 0 Å². The van der Waals surface area contributed by atoms with Crippen molar-refractivity contribution >= 4 is 22.8 Å². The number of pyridine rings is 1. The van der Waals surface area contributed by atoms with Crippen LogP contribution in [0.1, 0.15) is 82.6 Å². The molecule has 2 fully saturated rings. The number of piperidine rings is 1. The van der Waals surface area contributed by atoms with Gasteiger partial charge in [-0.2, -0.15) is 4.99 Å². The van der Waals surface area contributed by atoms with Gasteiger partial charge in [-0.05, 0) is 103 Å². The maximum absolute atomic E-state index is 13.8. The Morgan fingerprint density at radius 2 is 1.89 bits per heavy atom. The van der Waals surface area contributed by atoms with Gasteiger partial charge in [-0.1, -0.05) is 6.07 Å². The highest BCUT2D eigenvalue weighted by molar-refractivity contribution is 5.95. The van der Waals surface area contributed by atoms with Gasteiger partial charge in [0.1, 0.15) is 12.4 Å². The number of carbonyl (C=O) groups is 2. The van der Waals surface area contributed by atoms with Crippen LogP contribution in [0.15, 0.2) is 41.5 Å². The van der Waals surface area contributed by atoms with Crippen molar-refractivity contribution in [1.82, 2.24) is 24.8 Å². The molecule has 1 aliphatic carbocycles. The SMILES string of the molecule is CC(C)NC(=O)[C@H]1CC[C@H](n2/c(=N/C(=O)c3cccc(F)c3)[nH]c3cnc(OCCN4CCC(C(C)(C)O)CC4)cc32)CC1. The molecule has 1 saturated heterocycles. The predicted octanol–water partition coefficient (Wildman–Crippen LogP) is 4.36. The van der Waals surface area contributed by atoms with Crippen molar-refractivity contribution in [2.75, 3.05) is 26.2 Å². The highest BCUT2D eigenvalue weighted by Gasteiger charge is 2.31. The van der Waals surface area contributed by atoms with Gasteiger partial charge in [0.15, 0.2) is 0 Å². The van der Waals surface area contributed by atoms with Crippen molar-refractivity contribution in [2.24, 2.45) is 16.8 Å². The zero-order chi connectivity index (χ0) is 31.4. The number of imidazole rings is 1. The number of nitrogens with one attached hydrogen (secondary N) is 2. The van der Waals surface area contributed by atoms with E-state index in [2.05, 4.69) is 25.2 Å². The topological polar surface area (TPSA) is 125 Å². The molecule has 3 aromatic rings. The number of hydrogen-bond acceptors (Lipinski definition) is 6. The van der Waals surface area contributed by atoms with Gasteiger partial charge in [0.2, 0.25) is 17.4 Å². The lowest BCUT2D eigenvalue weighted by molar-refractivity contribution is -0.126. The van der Waals surface area contributed by atoms with E-state index in [-0.39, 0.29) is 29.5 Å². The minimum Gasteiger partial charge on any atom is -0.476 e. The molecule has 10 nitrogen and oxygen atoms in total. The third kappa shape index (κ3) is 7.74. The van der Waals surface area contributed by atoms with Crippen LogP contribution in [-0.4, -0.2) is 74.2 Å². The lowest BCUT2D eigenvalue weighted by atomic mass is 9.83. The van der Waals surface area contributed by atoms with Gasteiger partial charge in [0, 0.05) is 36.2 Å². The molecule has 1 aliphatic heterocycles. The number of benzene rings is 1. The van der Waals surface area contributed by atoms with Crippen molar-refractivity contribution in [3.63, 3.8) is 0 Å². The van der Waals surface area contributed by atoms with E-state index < -0.39 is 17.3 Å². The second-order valence-corrected chi connectivity index (χ2v) is 13.1. The lowest BCUT2D eigenvalue weighted by Gasteiger charge is -2.37. The molecule has 0 bridgehead atoms. The van der Waals surface area contributed by atoms with E-state index in [1.54, 1.807) is 12.3 Å². The summed E-state index contributed by atoms with van der Waals surface area (Å²) in [6.45, 7) is 10.8. The number of ether oxygens (including phenoxy) is 1. The Labute approximate surface area is 257 Å². The number of amides is 2. The number of rotatable bonds is 9. The van der Waals surface area contributed by atoms with Crippen LogP contribution in [0.3, 0.4) is 0 Å². The van der Waals surface area contributed by atoms with Gasteiger partial charge in [0.25, 0.3) is 5.91 Å². The van der Waals surface area contributed by atoms with Crippen molar-refractivity contribution in [3.05, 3.63) is 53.5 Å². The Bertz CT molecular complexity index is 1520. The fourth-order valence-electron chi connectivity index (χ4n) is 6.47. The fraction of sp³-hybridized carbons (Fsp3) is 0.576. The number of aromatic amines is 1. The molecule has 2 amide bonds. The summed E-state index contributed by atoms with van der Waals surface area (Å²) in [5.74, 6) is -0.237. The number of aromatic nitrogens is 3. The first-order chi connectivity index (χ1) is 21.0. The summed E-state index contributed by atoms with van der Waals surface area (Å²) in [7, 11) is 0. The van der Waals surface area contributed by atoms with Crippen molar-refractivity contribution < 1.29 is 23.8 Å². The zero-order valence-electron chi connectivity index (χ0n) is 26.2. The van der Waals surface area contributed by atoms with Crippen molar-refractivity contribution in [3.8, 4) is 5.88 Å². The van der Waals surface area contributed by atoms with Crippen LogP contribution < -0.4 is 15.7 Å². The van der Waals surface area contributed by atoms with Crippen LogP contribution >= 0.6 is 0 Å². The maximum atomic E-state index is 13.8. The summed E-state index contributed by atoms with van der Waals surface area (Å²) in [4.78, 5) is 40.2. The van der Waals surface area contributed by atoms with Crippen molar-refractivity contribution in [1.29, 1.82) is 0 Å². The second-order valence-electron chi connectivity index (χ2n) is 13.1. The smallest absolute Gasteiger partial charge is 0.280 e. The van der Waals surface area contributed by atoms with Gasteiger partial charge in [-0.25, -0.2) is 9.37 Å². The Balaban J connectivity index is 1.35. The summed E-state index contributed by atoms with van der Waals surface area (Å²) in [6, 6.07) is 7.46. The largest absolute Gasteiger partial charge is 0.476 e. The van der Waals surface area contributed by atoms with E-state index in [0.29, 0.717) is 29.5 Å². The average Bonchev–Trinajstić information content (AvgIpc) is 3.33. The highest BCUT2D eigenvalue weighted by Crippen LogP contribution is 2.34. The predicted molar refractivity (Wildman–Crippen MR) is 166 cm³/mol. The van der Waals surface area contributed by atoms with Crippen LogP contribution in [0, 0.1) is 17.7 Å².